The number of rotatable bonds is 5. The van der Waals surface area contributed by atoms with Crippen LogP contribution in [0.5, 0.6) is 0 Å². The molecular weight excluding hydrogens is 222 g/mol. The predicted molar refractivity (Wildman–Crippen MR) is 75.8 cm³/mol. The molecule has 0 saturated carbocycles. The van der Waals surface area contributed by atoms with Crippen molar-refractivity contribution >= 4 is 0 Å². The molecule has 0 spiro atoms. The van der Waals surface area contributed by atoms with Gasteiger partial charge in [-0.25, -0.2) is 0 Å². The van der Waals surface area contributed by atoms with Gasteiger partial charge in [-0.3, -0.25) is 0 Å². The zero-order valence-corrected chi connectivity index (χ0v) is 11.7. The predicted octanol–water partition coefficient (Wildman–Crippen LogP) is 3.21. The fourth-order valence-corrected chi connectivity index (χ4v) is 2.56. The van der Waals surface area contributed by atoms with Crippen LogP contribution in [0.2, 0.25) is 0 Å². The Morgan fingerprint density at radius 2 is 2.22 bits per heavy atom. The number of aryl methyl sites for hydroxylation is 2. The molecule has 1 atom stereocenters. The van der Waals surface area contributed by atoms with Gasteiger partial charge >= 0.3 is 0 Å². The monoisotopic (exact) mass is 247 g/mol. The molecule has 1 N–H and O–H groups in total. The van der Waals surface area contributed by atoms with Crippen molar-refractivity contribution in [2.75, 3.05) is 19.7 Å². The first kappa shape index (κ1) is 13.6. The zero-order valence-electron chi connectivity index (χ0n) is 11.7. The van der Waals surface area contributed by atoms with E-state index in [2.05, 4.69) is 37.4 Å². The van der Waals surface area contributed by atoms with E-state index in [1.54, 1.807) is 0 Å². The first-order valence-corrected chi connectivity index (χ1v) is 7.10. The molecule has 100 valence electrons. The summed E-state index contributed by atoms with van der Waals surface area (Å²) in [5.74, 6) is 0.817. The van der Waals surface area contributed by atoms with E-state index in [0.717, 1.165) is 19.1 Å². The van der Waals surface area contributed by atoms with Crippen LogP contribution in [-0.2, 0) is 11.3 Å². The highest BCUT2D eigenvalue weighted by Crippen LogP contribution is 2.15. The second-order valence-electron chi connectivity index (χ2n) is 5.48. The van der Waals surface area contributed by atoms with Crippen molar-refractivity contribution in [3.8, 4) is 0 Å². The van der Waals surface area contributed by atoms with Crippen LogP contribution in [0.25, 0.3) is 0 Å². The van der Waals surface area contributed by atoms with Gasteiger partial charge in [-0.05, 0) is 63.2 Å². The van der Waals surface area contributed by atoms with Crippen LogP contribution in [0.1, 0.15) is 36.0 Å². The van der Waals surface area contributed by atoms with E-state index in [0.29, 0.717) is 0 Å². The fraction of sp³-hybridized carbons (Fsp3) is 0.625. The smallest absolute Gasteiger partial charge is 0.0719 e. The molecule has 1 saturated heterocycles. The average Bonchev–Trinajstić information content (AvgIpc) is 2.40. The van der Waals surface area contributed by atoms with Gasteiger partial charge in [0.25, 0.3) is 0 Å². The van der Waals surface area contributed by atoms with Crippen molar-refractivity contribution in [2.45, 2.75) is 39.7 Å². The summed E-state index contributed by atoms with van der Waals surface area (Å²) in [4.78, 5) is 0. The maximum absolute atomic E-state index is 5.83. The van der Waals surface area contributed by atoms with E-state index in [9.17, 15) is 0 Å². The fourth-order valence-electron chi connectivity index (χ4n) is 2.56. The molecule has 1 unspecified atom stereocenters. The van der Waals surface area contributed by atoms with Gasteiger partial charge < -0.3 is 10.1 Å². The minimum absolute atomic E-state index is 0.758. The first-order chi connectivity index (χ1) is 8.75. The van der Waals surface area contributed by atoms with Crippen LogP contribution in [0.4, 0.5) is 0 Å². The molecule has 1 fully saturated rings. The van der Waals surface area contributed by atoms with Crippen molar-refractivity contribution in [2.24, 2.45) is 5.92 Å². The Kier molecular flexibility index (Phi) is 5.21. The molecule has 1 aromatic carbocycles. The molecule has 0 aromatic heterocycles. The Hall–Kier alpha value is -0.860. The first-order valence-electron chi connectivity index (χ1n) is 7.10. The minimum Gasteiger partial charge on any atom is -0.377 e. The van der Waals surface area contributed by atoms with Gasteiger partial charge in [0.15, 0.2) is 0 Å². The van der Waals surface area contributed by atoms with E-state index in [-0.39, 0.29) is 0 Å². The number of hydrogen-bond acceptors (Lipinski definition) is 2. The maximum atomic E-state index is 5.83. The van der Waals surface area contributed by atoms with Gasteiger partial charge in [0, 0.05) is 6.61 Å². The van der Waals surface area contributed by atoms with E-state index < -0.39 is 0 Å². The number of piperidine rings is 1. The van der Waals surface area contributed by atoms with Crippen LogP contribution in [0.3, 0.4) is 0 Å². The highest BCUT2D eigenvalue weighted by Gasteiger charge is 2.12. The molecular formula is C16H25NO. The van der Waals surface area contributed by atoms with Gasteiger partial charge in [0.1, 0.15) is 0 Å². The topological polar surface area (TPSA) is 21.3 Å². The van der Waals surface area contributed by atoms with Gasteiger partial charge in [0.05, 0.1) is 6.61 Å². The second-order valence-corrected chi connectivity index (χ2v) is 5.48. The normalized spacial score (nSPS) is 20.0. The molecule has 0 bridgehead atoms. The Morgan fingerprint density at radius 3 is 3.00 bits per heavy atom. The molecule has 1 aliphatic rings. The summed E-state index contributed by atoms with van der Waals surface area (Å²) < 4.78 is 5.83. The van der Waals surface area contributed by atoms with E-state index in [4.69, 9.17) is 4.74 Å². The standard InChI is InChI=1S/C16H25NO/c1-13-5-6-14(2)16(10-13)12-18-9-7-15-4-3-8-17-11-15/h5-6,10,15,17H,3-4,7-9,11-12H2,1-2H3. The van der Waals surface area contributed by atoms with Crippen LogP contribution in [0, 0.1) is 19.8 Å². The quantitative estimate of drug-likeness (QED) is 0.807. The van der Waals surface area contributed by atoms with E-state index in [1.165, 1.54) is 49.0 Å². The lowest BCUT2D eigenvalue weighted by Gasteiger charge is -2.22. The summed E-state index contributed by atoms with van der Waals surface area (Å²) in [6, 6.07) is 6.57. The second kappa shape index (κ2) is 6.91. The zero-order chi connectivity index (χ0) is 12.8. The highest BCUT2D eigenvalue weighted by atomic mass is 16.5. The summed E-state index contributed by atoms with van der Waals surface area (Å²) in [5, 5.41) is 3.45. The van der Waals surface area contributed by atoms with Gasteiger partial charge in [-0.1, -0.05) is 23.8 Å². The molecule has 2 rings (SSSR count). The van der Waals surface area contributed by atoms with Gasteiger partial charge in [0.2, 0.25) is 0 Å². The molecule has 0 amide bonds. The lowest BCUT2D eigenvalue weighted by atomic mass is 9.97. The molecule has 0 aliphatic carbocycles. The summed E-state index contributed by atoms with van der Waals surface area (Å²) in [6.45, 7) is 8.31. The summed E-state index contributed by atoms with van der Waals surface area (Å²) >= 11 is 0. The molecule has 1 heterocycles. The summed E-state index contributed by atoms with van der Waals surface area (Å²) in [7, 11) is 0. The lowest BCUT2D eigenvalue weighted by molar-refractivity contribution is 0.103. The van der Waals surface area contributed by atoms with Gasteiger partial charge in [-0.15, -0.1) is 0 Å². The molecule has 2 nitrogen and oxygen atoms in total. The molecule has 2 heteroatoms. The Bertz CT molecular complexity index is 369. The van der Waals surface area contributed by atoms with Crippen molar-refractivity contribution < 1.29 is 4.74 Å². The summed E-state index contributed by atoms with van der Waals surface area (Å²) in [5.41, 5.74) is 3.98. The SMILES string of the molecule is Cc1ccc(C)c(COCCC2CCCNC2)c1. The largest absolute Gasteiger partial charge is 0.377 e. The molecule has 0 radical (unpaired) electrons. The molecule has 18 heavy (non-hydrogen) atoms. The maximum Gasteiger partial charge on any atom is 0.0719 e. The van der Waals surface area contributed by atoms with Crippen LogP contribution in [-0.4, -0.2) is 19.7 Å². The van der Waals surface area contributed by atoms with Crippen molar-refractivity contribution in [3.63, 3.8) is 0 Å². The lowest BCUT2D eigenvalue weighted by Crippen LogP contribution is -2.30. The van der Waals surface area contributed by atoms with Crippen LogP contribution < -0.4 is 5.32 Å². The number of nitrogens with one attached hydrogen (secondary N) is 1. The number of ether oxygens (including phenoxy) is 1. The Morgan fingerprint density at radius 1 is 1.33 bits per heavy atom. The number of benzene rings is 1. The third-order valence-corrected chi connectivity index (χ3v) is 3.83. The minimum atomic E-state index is 0.758. The molecule has 1 aliphatic heterocycles. The van der Waals surface area contributed by atoms with Crippen molar-refractivity contribution in [3.05, 3.63) is 34.9 Å². The van der Waals surface area contributed by atoms with Crippen molar-refractivity contribution in [1.29, 1.82) is 0 Å². The Labute approximate surface area is 111 Å². The van der Waals surface area contributed by atoms with Crippen molar-refractivity contribution in [1.82, 2.24) is 5.32 Å². The van der Waals surface area contributed by atoms with E-state index in [1.807, 2.05) is 0 Å². The Balaban J connectivity index is 1.69. The third kappa shape index (κ3) is 4.11. The number of hydrogen-bond donors (Lipinski definition) is 1. The van der Waals surface area contributed by atoms with Crippen LogP contribution >= 0.6 is 0 Å². The third-order valence-electron chi connectivity index (χ3n) is 3.83. The molecule has 1 aromatic rings. The van der Waals surface area contributed by atoms with Gasteiger partial charge in [-0.2, -0.15) is 0 Å². The average molecular weight is 247 g/mol. The highest BCUT2D eigenvalue weighted by molar-refractivity contribution is 5.29. The van der Waals surface area contributed by atoms with Crippen LogP contribution in [0.15, 0.2) is 18.2 Å². The van der Waals surface area contributed by atoms with E-state index >= 15 is 0 Å². The summed E-state index contributed by atoms with van der Waals surface area (Å²) in [6.07, 6.45) is 3.87.